The number of rotatable bonds is 6. The van der Waals surface area contributed by atoms with Gasteiger partial charge in [0.25, 0.3) is 0 Å². The van der Waals surface area contributed by atoms with Crippen molar-refractivity contribution in [3.63, 3.8) is 0 Å². The van der Waals surface area contributed by atoms with Gasteiger partial charge in [-0.25, -0.2) is 0 Å². The Hall–Kier alpha value is -3.55. The number of anilines is 2. The van der Waals surface area contributed by atoms with Crippen molar-refractivity contribution in [3.8, 4) is 11.4 Å². The fraction of sp³-hybridized carbons (Fsp3) is 0.211. The number of nitrogens with one attached hydrogen (secondary N) is 2. The molecule has 2 aromatic carbocycles. The minimum atomic E-state index is -0.262. The number of hydrogen-bond acceptors (Lipinski definition) is 5. The highest BCUT2D eigenvalue weighted by molar-refractivity contribution is 5.95. The summed E-state index contributed by atoms with van der Waals surface area (Å²) in [5, 5.41) is 17.7. The molecule has 0 radical (unpaired) electrons. The van der Waals surface area contributed by atoms with Gasteiger partial charge in [-0.15, -0.1) is 10.2 Å². The summed E-state index contributed by atoms with van der Waals surface area (Å²) in [6, 6.07) is 16.4. The van der Waals surface area contributed by atoms with Gasteiger partial charge in [0.1, 0.15) is 6.54 Å². The van der Waals surface area contributed by atoms with E-state index in [0.717, 1.165) is 24.1 Å². The van der Waals surface area contributed by atoms with Crippen LogP contribution in [-0.2, 0) is 16.1 Å². The van der Waals surface area contributed by atoms with Crippen molar-refractivity contribution >= 4 is 23.2 Å². The second kappa shape index (κ2) is 7.36. The molecule has 1 aromatic heterocycles. The van der Waals surface area contributed by atoms with Crippen LogP contribution in [0.25, 0.3) is 11.4 Å². The zero-order valence-corrected chi connectivity index (χ0v) is 14.5. The molecule has 136 valence electrons. The van der Waals surface area contributed by atoms with Gasteiger partial charge in [-0.1, -0.05) is 30.3 Å². The molecular formula is C19H18N6O2. The summed E-state index contributed by atoms with van der Waals surface area (Å²) in [6.45, 7) is -0.0417. The van der Waals surface area contributed by atoms with Crippen molar-refractivity contribution in [1.29, 1.82) is 0 Å². The van der Waals surface area contributed by atoms with Gasteiger partial charge in [-0.2, -0.15) is 4.80 Å². The van der Waals surface area contributed by atoms with E-state index >= 15 is 0 Å². The summed E-state index contributed by atoms with van der Waals surface area (Å²) >= 11 is 0. The largest absolute Gasteiger partial charge is 0.326 e. The Kier molecular flexibility index (Phi) is 4.61. The summed E-state index contributed by atoms with van der Waals surface area (Å²) in [5.41, 5.74) is 2.19. The van der Waals surface area contributed by atoms with Crippen molar-refractivity contribution in [3.05, 3.63) is 54.6 Å². The van der Waals surface area contributed by atoms with Gasteiger partial charge in [-0.05, 0) is 42.3 Å². The Morgan fingerprint density at radius 2 is 1.63 bits per heavy atom. The third-order valence-corrected chi connectivity index (χ3v) is 4.15. The van der Waals surface area contributed by atoms with Crippen molar-refractivity contribution < 1.29 is 9.59 Å². The van der Waals surface area contributed by atoms with E-state index in [1.165, 1.54) is 4.80 Å². The van der Waals surface area contributed by atoms with Crippen molar-refractivity contribution in [2.75, 3.05) is 10.6 Å². The number of nitrogens with zero attached hydrogens (tertiary/aromatic N) is 4. The fourth-order valence-corrected chi connectivity index (χ4v) is 2.57. The van der Waals surface area contributed by atoms with Gasteiger partial charge in [-0.3, -0.25) is 9.59 Å². The zero-order valence-electron chi connectivity index (χ0n) is 14.5. The molecule has 2 N–H and O–H groups in total. The van der Waals surface area contributed by atoms with Gasteiger partial charge >= 0.3 is 0 Å². The molecular weight excluding hydrogens is 344 g/mol. The number of aromatic nitrogens is 4. The molecule has 1 heterocycles. The minimum absolute atomic E-state index is 0.0417. The Bertz CT molecular complexity index is 948. The smallest absolute Gasteiger partial charge is 0.248 e. The first-order chi connectivity index (χ1) is 13.2. The molecule has 4 rings (SSSR count). The van der Waals surface area contributed by atoms with Crippen LogP contribution in [0, 0.1) is 5.92 Å². The third-order valence-electron chi connectivity index (χ3n) is 4.15. The average Bonchev–Trinajstić information content (AvgIpc) is 3.44. The number of carbonyl (C=O) groups excluding carboxylic acids is 2. The lowest BCUT2D eigenvalue weighted by atomic mass is 10.2. The molecule has 3 aromatic rings. The van der Waals surface area contributed by atoms with E-state index < -0.39 is 0 Å². The standard InChI is InChI=1S/C19H18N6O2/c26-17(12-25-23-18(22-24-25)13-4-2-1-3-5-13)20-15-8-10-16(11-9-15)21-19(27)14-6-7-14/h1-5,8-11,14H,6-7,12H2,(H,20,26)(H,21,27). The van der Waals surface area contributed by atoms with E-state index in [0.29, 0.717) is 11.5 Å². The highest BCUT2D eigenvalue weighted by Crippen LogP contribution is 2.30. The molecule has 1 fully saturated rings. The lowest BCUT2D eigenvalue weighted by Crippen LogP contribution is -2.20. The molecule has 27 heavy (non-hydrogen) atoms. The van der Waals surface area contributed by atoms with Crippen LogP contribution >= 0.6 is 0 Å². The molecule has 0 spiro atoms. The molecule has 2 amide bonds. The monoisotopic (exact) mass is 362 g/mol. The Morgan fingerprint density at radius 3 is 2.30 bits per heavy atom. The second-order valence-corrected chi connectivity index (χ2v) is 6.40. The van der Waals surface area contributed by atoms with Crippen LogP contribution in [0.1, 0.15) is 12.8 Å². The quantitative estimate of drug-likeness (QED) is 0.701. The molecule has 1 aliphatic carbocycles. The predicted molar refractivity (Wildman–Crippen MR) is 99.7 cm³/mol. The summed E-state index contributed by atoms with van der Waals surface area (Å²) in [7, 11) is 0. The number of tetrazole rings is 1. The molecule has 8 heteroatoms. The summed E-state index contributed by atoms with van der Waals surface area (Å²) in [6.07, 6.45) is 1.92. The number of carbonyl (C=O) groups is 2. The Balaban J connectivity index is 1.32. The summed E-state index contributed by atoms with van der Waals surface area (Å²) in [4.78, 5) is 25.2. The third kappa shape index (κ3) is 4.35. The van der Waals surface area contributed by atoms with Crippen LogP contribution in [0.5, 0.6) is 0 Å². The molecule has 1 aliphatic rings. The van der Waals surface area contributed by atoms with Crippen LogP contribution in [0.3, 0.4) is 0 Å². The van der Waals surface area contributed by atoms with Crippen molar-refractivity contribution in [1.82, 2.24) is 20.2 Å². The number of benzene rings is 2. The van der Waals surface area contributed by atoms with Gasteiger partial charge in [0, 0.05) is 22.9 Å². The van der Waals surface area contributed by atoms with E-state index in [2.05, 4.69) is 26.0 Å². The Morgan fingerprint density at radius 1 is 0.963 bits per heavy atom. The average molecular weight is 362 g/mol. The first kappa shape index (κ1) is 16.9. The maximum absolute atomic E-state index is 12.2. The molecule has 8 nitrogen and oxygen atoms in total. The summed E-state index contributed by atoms with van der Waals surface area (Å²) in [5.74, 6) is 0.416. The molecule has 0 unspecified atom stereocenters. The van der Waals surface area contributed by atoms with Gasteiger partial charge < -0.3 is 10.6 Å². The van der Waals surface area contributed by atoms with Crippen LogP contribution in [0.4, 0.5) is 11.4 Å². The molecule has 0 aliphatic heterocycles. The van der Waals surface area contributed by atoms with Crippen molar-refractivity contribution in [2.45, 2.75) is 19.4 Å². The molecule has 0 saturated heterocycles. The molecule has 0 atom stereocenters. The molecule has 1 saturated carbocycles. The number of amides is 2. The zero-order chi connectivity index (χ0) is 18.6. The first-order valence-corrected chi connectivity index (χ1v) is 8.71. The highest BCUT2D eigenvalue weighted by Gasteiger charge is 2.29. The van der Waals surface area contributed by atoms with Gasteiger partial charge in [0.15, 0.2) is 0 Å². The maximum Gasteiger partial charge on any atom is 0.248 e. The lowest BCUT2D eigenvalue weighted by molar-refractivity contribution is -0.118. The summed E-state index contributed by atoms with van der Waals surface area (Å²) < 4.78 is 0. The SMILES string of the molecule is O=C(Cn1nnc(-c2ccccc2)n1)Nc1ccc(NC(=O)C2CC2)cc1. The lowest BCUT2D eigenvalue weighted by Gasteiger charge is -2.07. The van der Waals surface area contributed by atoms with E-state index in [4.69, 9.17) is 0 Å². The fourth-order valence-electron chi connectivity index (χ4n) is 2.57. The minimum Gasteiger partial charge on any atom is -0.326 e. The Labute approximate surface area is 155 Å². The van der Waals surface area contributed by atoms with Crippen LogP contribution < -0.4 is 10.6 Å². The first-order valence-electron chi connectivity index (χ1n) is 8.71. The topological polar surface area (TPSA) is 102 Å². The van der Waals surface area contributed by atoms with Crippen LogP contribution in [0.2, 0.25) is 0 Å². The maximum atomic E-state index is 12.2. The van der Waals surface area contributed by atoms with E-state index in [-0.39, 0.29) is 24.3 Å². The predicted octanol–water partition coefficient (Wildman–Crippen LogP) is 2.33. The second-order valence-electron chi connectivity index (χ2n) is 6.40. The number of hydrogen-bond donors (Lipinski definition) is 2. The van der Waals surface area contributed by atoms with Gasteiger partial charge in [0.2, 0.25) is 17.6 Å². The highest BCUT2D eigenvalue weighted by atomic mass is 16.2. The van der Waals surface area contributed by atoms with E-state index in [9.17, 15) is 9.59 Å². The van der Waals surface area contributed by atoms with Crippen LogP contribution in [0.15, 0.2) is 54.6 Å². The molecule has 0 bridgehead atoms. The normalized spacial score (nSPS) is 13.2. The van der Waals surface area contributed by atoms with E-state index in [1.807, 2.05) is 30.3 Å². The van der Waals surface area contributed by atoms with Crippen molar-refractivity contribution in [2.24, 2.45) is 5.92 Å². The van der Waals surface area contributed by atoms with E-state index in [1.54, 1.807) is 24.3 Å². The van der Waals surface area contributed by atoms with Crippen LogP contribution in [-0.4, -0.2) is 32.0 Å². The van der Waals surface area contributed by atoms with Gasteiger partial charge in [0.05, 0.1) is 0 Å².